The molecule has 2 aromatic rings. The number of hydrogen-bond donors (Lipinski definition) is 3. The second kappa shape index (κ2) is 9.25. The molecule has 3 N–H and O–H groups in total. The van der Waals surface area contributed by atoms with Crippen LogP contribution in [0.15, 0.2) is 66.4 Å². The third-order valence-corrected chi connectivity index (χ3v) is 5.87. The van der Waals surface area contributed by atoms with Crippen molar-refractivity contribution < 1.29 is 19.8 Å². The molecule has 5 nitrogen and oxygen atoms in total. The molecule has 1 aliphatic rings. The highest BCUT2D eigenvalue weighted by Crippen LogP contribution is 2.44. The molecule has 152 valence electrons. The number of hydrogen-bond acceptors (Lipinski definition) is 4. The van der Waals surface area contributed by atoms with Gasteiger partial charge in [-0.2, -0.15) is 0 Å². The number of nitrogens with one attached hydrogen (secondary N) is 1. The second-order valence-electron chi connectivity index (χ2n) is 7.43. The van der Waals surface area contributed by atoms with Crippen molar-refractivity contribution >= 4 is 23.4 Å². The van der Waals surface area contributed by atoms with Crippen LogP contribution in [0.5, 0.6) is 0 Å². The molecule has 2 atom stereocenters. The summed E-state index contributed by atoms with van der Waals surface area (Å²) in [6.45, 7) is 1.22. The molecular formula is C23H24ClNO4. The minimum Gasteiger partial charge on any atom is -0.502 e. The normalized spacial score (nSPS) is 20.8. The molecule has 0 saturated carbocycles. The monoisotopic (exact) mass is 413 g/mol. The number of aliphatic hydroxyl groups excluding tert-OH is 1. The smallest absolute Gasteiger partial charge is 0.371 e. The fraction of sp³-hybridized carbons (Fsp3) is 0.304. The number of carboxylic acids is 1. The SMILES string of the molecule is O=C(O)C(O)=CC(=O)C1(C(Cc2ccc(Cl)cc2)c2ccccc2)CCCNC1. The van der Waals surface area contributed by atoms with E-state index in [4.69, 9.17) is 16.7 Å². The van der Waals surface area contributed by atoms with Gasteiger partial charge < -0.3 is 15.5 Å². The van der Waals surface area contributed by atoms with E-state index in [1.807, 2.05) is 54.6 Å². The van der Waals surface area contributed by atoms with Crippen LogP contribution in [0.25, 0.3) is 0 Å². The number of aliphatic hydroxyl groups is 1. The molecular weight excluding hydrogens is 390 g/mol. The maximum Gasteiger partial charge on any atom is 0.371 e. The van der Waals surface area contributed by atoms with Crippen molar-refractivity contribution in [1.29, 1.82) is 0 Å². The molecule has 0 amide bonds. The van der Waals surface area contributed by atoms with Crippen molar-refractivity contribution in [3.63, 3.8) is 0 Å². The third kappa shape index (κ3) is 4.86. The van der Waals surface area contributed by atoms with Crippen LogP contribution in [0.1, 0.15) is 29.9 Å². The van der Waals surface area contributed by atoms with Crippen molar-refractivity contribution in [1.82, 2.24) is 5.32 Å². The van der Waals surface area contributed by atoms with E-state index in [0.29, 0.717) is 24.4 Å². The first-order valence-electron chi connectivity index (χ1n) is 9.61. The van der Waals surface area contributed by atoms with E-state index < -0.39 is 17.1 Å². The predicted octanol–water partition coefficient (Wildman–Crippen LogP) is 4.13. The Labute approximate surface area is 175 Å². The van der Waals surface area contributed by atoms with E-state index in [1.165, 1.54) is 0 Å². The Morgan fingerprint density at radius 2 is 1.79 bits per heavy atom. The molecule has 2 unspecified atom stereocenters. The second-order valence-corrected chi connectivity index (χ2v) is 7.87. The van der Waals surface area contributed by atoms with Crippen molar-refractivity contribution in [2.45, 2.75) is 25.2 Å². The average molecular weight is 414 g/mol. The molecule has 0 aliphatic carbocycles. The summed E-state index contributed by atoms with van der Waals surface area (Å²) in [5.41, 5.74) is 1.18. The maximum atomic E-state index is 13.3. The average Bonchev–Trinajstić information content (AvgIpc) is 2.74. The molecule has 0 aromatic heterocycles. The maximum absolute atomic E-state index is 13.3. The highest BCUT2D eigenvalue weighted by atomic mass is 35.5. The molecule has 1 saturated heterocycles. The number of ketones is 1. The van der Waals surface area contributed by atoms with Gasteiger partial charge in [0.2, 0.25) is 5.76 Å². The number of carbonyl (C=O) groups excluding carboxylic acids is 1. The number of benzene rings is 2. The Balaban J connectivity index is 2.07. The molecule has 1 heterocycles. The lowest BCUT2D eigenvalue weighted by molar-refractivity contribution is -0.136. The first-order chi connectivity index (χ1) is 13.9. The number of allylic oxidation sites excluding steroid dienone is 1. The molecule has 1 fully saturated rings. The van der Waals surface area contributed by atoms with Gasteiger partial charge in [-0.3, -0.25) is 4.79 Å². The van der Waals surface area contributed by atoms with Crippen LogP contribution >= 0.6 is 11.6 Å². The quantitative estimate of drug-likeness (QED) is 0.469. The van der Waals surface area contributed by atoms with E-state index in [-0.39, 0.29) is 11.7 Å². The zero-order valence-corrected chi connectivity index (χ0v) is 16.7. The first-order valence-corrected chi connectivity index (χ1v) is 9.99. The van der Waals surface area contributed by atoms with E-state index >= 15 is 0 Å². The van der Waals surface area contributed by atoms with Crippen LogP contribution < -0.4 is 5.32 Å². The highest BCUT2D eigenvalue weighted by Gasteiger charge is 2.46. The van der Waals surface area contributed by atoms with Crippen molar-refractivity contribution in [3.8, 4) is 0 Å². The molecule has 0 bridgehead atoms. The van der Waals surface area contributed by atoms with E-state index in [2.05, 4.69) is 5.32 Å². The fourth-order valence-electron chi connectivity index (χ4n) is 4.11. The Morgan fingerprint density at radius 1 is 1.10 bits per heavy atom. The van der Waals surface area contributed by atoms with Crippen molar-refractivity contribution in [2.75, 3.05) is 13.1 Å². The van der Waals surface area contributed by atoms with Crippen LogP contribution in [0.4, 0.5) is 0 Å². The van der Waals surface area contributed by atoms with Crippen LogP contribution in [0.3, 0.4) is 0 Å². The first kappa shape index (κ1) is 21.1. The third-order valence-electron chi connectivity index (χ3n) is 5.62. The molecule has 6 heteroatoms. The standard InChI is InChI=1S/C23H24ClNO4/c24-18-9-7-16(8-10-18)13-19(17-5-2-1-3-6-17)23(11-4-12-25-15-23)21(27)14-20(26)22(28)29/h1-3,5-10,14,19,25-26H,4,11-13,15H2,(H,28,29). The van der Waals surface area contributed by atoms with Gasteiger partial charge in [-0.1, -0.05) is 54.1 Å². The number of carboxylic acid groups (broad SMARTS) is 1. The van der Waals surface area contributed by atoms with Crippen LogP contribution in [0.2, 0.25) is 5.02 Å². The molecule has 29 heavy (non-hydrogen) atoms. The van der Waals surface area contributed by atoms with Gasteiger partial charge >= 0.3 is 5.97 Å². The number of aliphatic carboxylic acids is 1. The Morgan fingerprint density at radius 3 is 2.38 bits per heavy atom. The summed E-state index contributed by atoms with van der Waals surface area (Å²) in [5.74, 6) is -3.00. The summed E-state index contributed by atoms with van der Waals surface area (Å²) in [6.07, 6.45) is 2.86. The molecule has 3 rings (SSSR count). The number of piperidine rings is 1. The largest absolute Gasteiger partial charge is 0.502 e. The summed E-state index contributed by atoms with van der Waals surface area (Å²) in [7, 11) is 0. The van der Waals surface area contributed by atoms with Gasteiger partial charge in [0, 0.05) is 23.6 Å². The molecule has 1 aliphatic heterocycles. The zero-order valence-electron chi connectivity index (χ0n) is 16.0. The lowest BCUT2D eigenvalue weighted by Crippen LogP contribution is -2.49. The summed E-state index contributed by atoms with van der Waals surface area (Å²) < 4.78 is 0. The Bertz CT molecular complexity index is 887. The summed E-state index contributed by atoms with van der Waals surface area (Å²) in [4.78, 5) is 24.4. The minimum absolute atomic E-state index is 0.192. The molecule has 0 spiro atoms. The number of halogens is 1. The summed E-state index contributed by atoms with van der Waals surface area (Å²) in [6, 6.07) is 17.3. The molecule has 0 radical (unpaired) electrons. The van der Waals surface area contributed by atoms with Crippen LogP contribution in [0, 0.1) is 5.41 Å². The molecule has 2 aromatic carbocycles. The minimum atomic E-state index is -1.51. The van der Waals surface area contributed by atoms with Gasteiger partial charge in [-0.15, -0.1) is 0 Å². The van der Waals surface area contributed by atoms with Gasteiger partial charge in [-0.05, 0) is 49.1 Å². The number of carbonyl (C=O) groups is 2. The zero-order chi connectivity index (χ0) is 20.9. The highest BCUT2D eigenvalue weighted by molar-refractivity contribution is 6.30. The Hall–Kier alpha value is -2.63. The lowest BCUT2D eigenvalue weighted by atomic mass is 9.63. The van der Waals surface area contributed by atoms with E-state index in [9.17, 15) is 14.7 Å². The topological polar surface area (TPSA) is 86.6 Å². The van der Waals surface area contributed by atoms with Gasteiger partial charge in [0.1, 0.15) is 0 Å². The van der Waals surface area contributed by atoms with Gasteiger partial charge in [0.15, 0.2) is 5.78 Å². The van der Waals surface area contributed by atoms with Crippen LogP contribution in [-0.4, -0.2) is 35.1 Å². The van der Waals surface area contributed by atoms with Crippen molar-refractivity contribution in [3.05, 3.63) is 82.6 Å². The lowest BCUT2D eigenvalue weighted by Gasteiger charge is -2.42. The van der Waals surface area contributed by atoms with E-state index in [1.54, 1.807) is 0 Å². The Kier molecular flexibility index (Phi) is 6.72. The predicted molar refractivity (Wildman–Crippen MR) is 112 cm³/mol. The van der Waals surface area contributed by atoms with Gasteiger partial charge in [0.05, 0.1) is 5.41 Å². The summed E-state index contributed by atoms with van der Waals surface area (Å²) >= 11 is 6.02. The van der Waals surface area contributed by atoms with Crippen LogP contribution in [-0.2, 0) is 16.0 Å². The van der Waals surface area contributed by atoms with Gasteiger partial charge in [0.25, 0.3) is 0 Å². The van der Waals surface area contributed by atoms with E-state index in [0.717, 1.165) is 30.2 Å². The number of rotatable bonds is 7. The fourth-order valence-corrected chi connectivity index (χ4v) is 4.24. The van der Waals surface area contributed by atoms with Crippen molar-refractivity contribution in [2.24, 2.45) is 5.41 Å². The van der Waals surface area contributed by atoms with Gasteiger partial charge in [-0.25, -0.2) is 4.79 Å². The summed E-state index contributed by atoms with van der Waals surface area (Å²) in [5, 5.41) is 22.7.